The van der Waals surface area contributed by atoms with Crippen molar-refractivity contribution in [2.45, 2.75) is 38.8 Å². The van der Waals surface area contributed by atoms with Gasteiger partial charge in [-0.1, -0.05) is 36.7 Å². The highest BCUT2D eigenvalue weighted by Gasteiger charge is 2.34. The highest BCUT2D eigenvalue weighted by atomic mass is 35.5. The molecule has 2 amide bonds. The summed E-state index contributed by atoms with van der Waals surface area (Å²) in [7, 11) is 1.61. The first-order chi connectivity index (χ1) is 17.4. The van der Waals surface area contributed by atoms with E-state index in [0.29, 0.717) is 35.2 Å². The van der Waals surface area contributed by atoms with E-state index in [1.807, 2.05) is 43.0 Å². The second-order valence-corrected chi connectivity index (χ2v) is 10.3. The van der Waals surface area contributed by atoms with Gasteiger partial charge < -0.3 is 19.3 Å². The van der Waals surface area contributed by atoms with Crippen LogP contribution in [0.15, 0.2) is 60.0 Å². The molecule has 4 rings (SSSR count). The zero-order valence-corrected chi connectivity index (χ0v) is 22.3. The molecular formula is C28H31ClN2O4S. The minimum atomic E-state index is -0.252. The number of ether oxygens (including phenoxy) is 2. The third kappa shape index (κ3) is 5.68. The van der Waals surface area contributed by atoms with Crippen molar-refractivity contribution in [3.63, 3.8) is 0 Å². The van der Waals surface area contributed by atoms with Crippen molar-refractivity contribution in [3.8, 4) is 11.5 Å². The van der Waals surface area contributed by atoms with Gasteiger partial charge in [0.1, 0.15) is 13.2 Å². The molecule has 1 aromatic heterocycles. The SMILES string of the molecule is CC[C@H](C)N(CC(=O)N1CCc2sccc2[C@@H]1COc1ccccc1OC)C(=O)c1cccc(Cl)c1. The van der Waals surface area contributed by atoms with Crippen LogP contribution in [0.5, 0.6) is 11.5 Å². The van der Waals surface area contributed by atoms with Crippen molar-refractivity contribution in [2.24, 2.45) is 0 Å². The van der Waals surface area contributed by atoms with Crippen molar-refractivity contribution in [2.75, 3.05) is 26.8 Å². The third-order valence-electron chi connectivity index (χ3n) is 6.64. The number of thiophene rings is 1. The quantitative estimate of drug-likeness (QED) is 0.350. The zero-order chi connectivity index (χ0) is 25.7. The molecule has 36 heavy (non-hydrogen) atoms. The van der Waals surface area contributed by atoms with Gasteiger partial charge in [0, 0.05) is 28.0 Å². The number of carbonyl (C=O) groups excluding carboxylic acids is 2. The van der Waals surface area contributed by atoms with Crippen molar-refractivity contribution in [1.82, 2.24) is 9.80 Å². The Labute approximate surface area is 221 Å². The van der Waals surface area contributed by atoms with Gasteiger partial charge in [-0.05, 0) is 67.1 Å². The van der Waals surface area contributed by atoms with E-state index in [0.717, 1.165) is 18.4 Å². The van der Waals surface area contributed by atoms with Gasteiger partial charge in [0.2, 0.25) is 5.91 Å². The molecule has 0 saturated carbocycles. The molecule has 0 radical (unpaired) electrons. The van der Waals surface area contributed by atoms with Crippen LogP contribution < -0.4 is 9.47 Å². The Bertz CT molecular complexity index is 1210. The second-order valence-electron chi connectivity index (χ2n) is 8.81. The molecule has 1 aliphatic rings. The molecule has 2 atom stereocenters. The van der Waals surface area contributed by atoms with Crippen LogP contribution in [0.3, 0.4) is 0 Å². The maximum absolute atomic E-state index is 13.7. The van der Waals surface area contributed by atoms with E-state index in [2.05, 4.69) is 11.4 Å². The molecule has 0 spiro atoms. The standard InChI is InChI=1S/C28H31ClN2O4S/c1-4-19(2)31(28(33)20-8-7-9-21(29)16-20)17-27(32)30-14-12-26-22(13-15-36-26)23(30)18-35-25-11-6-5-10-24(25)34-3/h5-11,13,15-16,19,23H,4,12,14,17-18H2,1-3H3/t19-,23-/m0/s1. The number of rotatable bonds is 9. The lowest BCUT2D eigenvalue weighted by atomic mass is 10.00. The number of carbonyl (C=O) groups is 2. The topological polar surface area (TPSA) is 59.1 Å². The Kier molecular flexibility index (Phi) is 8.54. The fourth-order valence-corrected chi connectivity index (χ4v) is 5.57. The highest BCUT2D eigenvalue weighted by molar-refractivity contribution is 7.10. The average Bonchev–Trinajstić information content (AvgIpc) is 3.38. The number of nitrogens with zero attached hydrogens (tertiary/aromatic N) is 2. The number of amides is 2. The lowest BCUT2D eigenvalue weighted by molar-refractivity contribution is -0.136. The predicted molar refractivity (Wildman–Crippen MR) is 143 cm³/mol. The summed E-state index contributed by atoms with van der Waals surface area (Å²) in [6.45, 7) is 4.83. The highest BCUT2D eigenvalue weighted by Crippen LogP contribution is 2.35. The Hall–Kier alpha value is -3.03. The maximum Gasteiger partial charge on any atom is 0.254 e. The van der Waals surface area contributed by atoms with Crippen molar-refractivity contribution in [1.29, 1.82) is 0 Å². The van der Waals surface area contributed by atoms with E-state index in [1.165, 1.54) is 4.88 Å². The molecule has 0 fully saturated rings. The van der Waals surface area contributed by atoms with Crippen molar-refractivity contribution in [3.05, 3.63) is 81.0 Å². The fourth-order valence-electron chi connectivity index (χ4n) is 4.45. The smallest absolute Gasteiger partial charge is 0.254 e. The third-order valence-corrected chi connectivity index (χ3v) is 7.87. The van der Waals surface area contributed by atoms with Crippen LogP contribution in [0.2, 0.25) is 5.02 Å². The minimum absolute atomic E-state index is 0.00895. The summed E-state index contributed by atoms with van der Waals surface area (Å²) in [6, 6.07) is 16.1. The predicted octanol–water partition coefficient (Wildman–Crippen LogP) is 5.86. The number of methoxy groups -OCH3 is 1. The molecular weight excluding hydrogens is 496 g/mol. The number of fused-ring (bicyclic) bond motifs is 1. The first-order valence-corrected chi connectivity index (χ1v) is 13.4. The average molecular weight is 527 g/mol. The van der Waals surface area contributed by atoms with E-state index in [-0.39, 0.29) is 30.4 Å². The lowest BCUT2D eigenvalue weighted by Crippen LogP contribution is -2.49. The number of hydrogen-bond acceptors (Lipinski definition) is 5. The van der Waals surface area contributed by atoms with Crippen LogP contribution >= 0.6 is 22.9 Å². The summed E-state index contributed by atoms with van der Waals surface area (Å²) in [6.07, 6.45) is 1.52. The van der Waals surface area contributed by atoms with Gasteiger partial charge in [0.05, 0.1) is 13.2 Å². The molecule has 0 saturated heterocycles. The number of halogens is 1. The molecule has 0 unspecified atom stereocenters. The molecule has 6 nitrogen and oxygen atoms in total. The van der Waals surface area contributed by atoms with E-state index in [4.69, 9.17) is 21.1 Å². The first kappa shape index (κ1) is 26.0. The summed E-state index contributed by atoms with van der Waals surface area (Å²) >= 11 is 7.83. The zero-order valence-electron chi connectivity index (χ0n) is 20.8. The largest absolute Gasteiger partial charge is 0.493 e. The summed E-state index contributed by atoms with van der Waals surface area (Å²) in [4.78, 5) is 31.9. The van der Waals surface area contributed by atoms with E-state index >= 15 is 0 Å². The van der Waals surface area contributed by atoms with Crippen LogP contribution in [-0.4, -0.2) is 54.5 Å². The van der Waals surface area contributed by atoms with Gasteiger partial charge in [-0.2, -0.15) is 0 Å². The lowest BCUT2D eigenvalue weighted by Gasteiger charge is -2.38. The Morgan fingerprint density at radius 2 is 1.94 bits per heavy atom. The van der Waals surface area contributed by atoms with Crippen LogP contribution in [0.25, 0.3) is 0 Å². The monoisotopic (exact) mass is 526 g/mol. The molecule has 190 valence electrons. The summed E-state index contributed by atoms with van der Waals surface area (Å²) in [5.41, 5.74) is 1.58. The molecule has 0 aliphatic carbocycles. The van der Waals surface area contributed by atoms with E-state index in [1.54, 1.807) is 47.6 Å². The van der Waals surface area contributed by atoms with Crippen LogP contribution in [0.4, 0.5) is 0 Å². The van der Waals surface area contributed by atoms with Crippen molar-refractivity contribution >= 4 is 34.8 Å². The molecule has 0 N–H and O–H groups in total. The van der Waals surface area contributed by atoms with E-state index in [9.17, 15) is 9.59 Å². The van der Waals surface area contributed by atoms with Crippen LogP contribution in [0.1, 0.15) is 47.1 Å². The molecule has 2 heterocycles. The molecule has 2 aromatic carbocycles. The summed E-state index contributed by atoms with van der Waals surface area (Å²) < 4.78 is 11.6. The maximum atomic E-state index is 13.7. The molecule has 3 aromatic rings. The fraction of sp³-hybridized carbons (Fsp3) is 0.357. The van der Waals surface area contributed by atoms with Gasteiger partial charge >= 0.3 is 0 Å². The normalized spacial score (nSPS) is 15.7. The minimum Gasteiger partial charge on any atom is -0.493 e. The van der Waals surface area contributed by atoms with E-state index < -0.39 is 0 Å². The summed E-state index contributed by atoms with van der Waals surface area (Å²) in [5, 5.41) is 2.55. The molecule has 8 heteroatoms. The van der Waals surface area contributed by atoms with Crippen LogP contribution in [0, 0.1) is 0 Å². The van der Waals surface area contributed by atoms with Gasteiger partial charge in [-0.15, -0.1) is 11.3 Å². The van der Waals surface area contributed by atoms with Crippen LogP contribution in [-0.2, 0) is 11.2 Å². The van der Waals surface area contributed by atoms with Gasteiger partial charge in [-0.25, -0.2) is 0 Å². The Morgan fingerprint density at radius 1 is 1.17 bits per heavy atom. The van der Waals surface area contributed by atoms with Gasteiger partial charge in [-0.3, -0.25) is 9.59 Å². The van der Waals surface area contributed by atoms with Gasteiger partial charge in [0.15, 0.2) is 11.5 Å². The number of para-hydroxylation sites is 2. The number of benzene rings is 2. The molecule has 0 bridgehead atoms. The Balaban J connectivity index is 1.56. The first-order valence-electron chi connectivity index (χ1n) is 12.1. The summed E-state index contributed by atoms with van der Waals surface area (Å²) in [5.74, 6) is 0.977. The second kappa shape index (κ2) is 11.8. The van der Waals surface area contributed by atoms with Crippen molar-refractivity contribution < 1.29 is 19.1 Å². The number of hydrogen-bond donors (Lipinski definition) is 0. The Morgan fingerprint density at radius 3 is 2.67 bits per heavy atom. The van der Waals surface area contributed by atoms with Gasteiger partial charge in [0.25, 0.3) is 5.91 Å². The molecule has 1 aliphatic heterocycles.